The molecular formula is C16H17N5O2. The molecule has 0 aliphatic rings. The van der Waals surface area contributed by atoms with E-state index < -0.39 is 0 Å². The Bertz CT molecular complexity index is 839. The van der Waals surface area contributed by atoms with E-state index in [0.29, 0.717) is 28.3 Å². The lowest BCUT2D eigenvalue weighted by molar-refractivity contribution is 0.102. The van der Waals surface area contributed by atoms with Crippen molar-refractivity contribution in [2.24, 2.45) is 0 Å². The molecule has 1 N–H and O–H groups in total. The van der Waals surface area contributed by atoms with Gasteiger partial charge in [-0.15, -0.1) is 0 Å². The van der Waals surface area contributed by atoms with Gasteiger partial charge in [-0.25, -0.2) is 15.0 Å². The van der Waals surface area contributed by atoms with Gasteiger partial charge in [-0.3, -0.25) is 4.79 Å². The van der Waals surface area contributed by atoms with Crippen molar-refractivity contribution in [3.05, 3.63) is 42.5 Å². The molecule has 23 heavy (non-hydrogen) atoms. The van der Waals surface area contributed by atoms with Crippen molar-refractivity contribution in [3.63, 3.8) is 0 Å². The summed E-state index contributed by atoms with van der Waals surface area (Å²) in [5, 5.41) is 2.78. The maximum absolute atomic E-state index is 12.4. The lowest BCUT2D eigenvalue weighted by atomic mass is 10.2. The van der Waals surface area contributed by atoms with Crippen LogP contribution in [-0.4, -0.2) is 32.5 Å². The number of hydrogen-bond acceptors (Lipinski definition) is 5. The fourth-order valence-electron chi connectivity index (χ4n) is 2.24. The number of carbonyl (C=O) groups is 1. The van der Waals surface area contributed by atoms with Gasteiger partial charge in [0.1, 0.15) is 12.1 Å². The molecule has 1 aromatic carbocycles. The van der Waals surface area contributed by atoms with Crippen molar-refractivity contribution >= 4 is 22.9 Å². The molecule has 0 unspecified atom stereocenters. The molecule has 0 aliphatic heterocycles. The number of hydrogen-bond donors (Lipinski definition) is 1. The number of amides is 1. The van der Waals surface area contributed by atoms with Crippen LogP contribution in [0.15, 0.2) is 36.9 Å². The Balaban J connectivity index is 1.90. The summed E-state index contributed by atoms with van der Waals surface area (Å²) in [4.78, 5) is 25.1. The van der Waals surface area contributed by atoms with Crippen molar-refractivity contribution < 1.29 is 9.53 Å². The topological polar surface area (TPSA) is 81.9 Å². The molecule has 7 heteroatoms. The van der Waals surface area contributed by atoms with Gasteiger partial charge in [-0.05, 0) is 38.1 Å². The highest BCUT2D eigenvalue weighted by Gasteiger charge is 2.14. The molecule has 0 spiro atoms. The smallest absolute Gasteiger partial charge is 0.256 e. The number of rotatable bonds is 4. The van der Waals surface area contributed by atoms with Gasteiger partial charge >= 0.3 is 0 Å². The molecule has 3 aromatic rings. The summed E-state index contributed by atoms with van der Waals surface area (Å²) in [7, 11) is 1.58. The number of nitrogens with one attached hydrogen (secondary N) is 1. The van der Waals surface area contributed by atoms with Crippen molar-refractivity contribution in [2.75, 3.05) is 12.4 Å². The minimum Gasteiger partial charge on any atom is -0.497 e. The standard InChI is InChI=1S/C16H17N5O2/c1-10(2)21-9-19-13-14(17-8-18-15(13)21)20-16(22)11-4-6-12(23-3)7-5-11/h4-10H,1-3H3,(H,17,18,20,22). The molecule has 118 valence electrons. The quantitative estimate of drug-likeness (QED) is 0.801. The number of imidazole rings is 1. The summed E-state index contributed by atoms with van der Waals surface area (Å²) >= 11 is 0. The van der Waals surface area contributed by atoms with Gasteiger partial charge in [0.15, 0.2) is 17.0 Å². The lowest BCUT2D eigenvalue weighted by Crippen LogP contribution is -2.13. The zero-order valence-corrected chi connectivity index (χ0v) is 13.1. The highest BCUT2D eigenvalue weighted by atomic mass is 16.5. The molecule has 0 saturated carbocycles. The van der Waals surface area contributed by atoms with Gasteiger partial charge in [0.2, 0.25) is 0 Å². The average Bonchev–Trinajstić information content (AvgIpc) is 3.00. The molecule has 0 radical (unpaired) electrons. The Kier molecular flexibility index (Phi) is 3.92. The summed E-state index contributed by atoms with van der Waals surface area (Å²) in [6.07, 6.45) is 3.12. The number of fused-ring (bicyclic) bond motifs is 1. The predicted octanol–water partition coefficient (Wildman–Crippen LogP) is 2.67. The van der Waals surface area contributed by atoms with E-state index >= 15 is 0 Å². The van der Waals surface area contributed by atoms with Gasteiger partial charge in [-0.1, -0.05) is 0 Å². The maximum atomic E-state index is 12.4. The van der Waals surface area contributed by atoms with Crippen LogP contribution in [0.3, 0.4) is 0 Å². The van der Waals surface area contributed by atoms with Crippen LogP contribution in [0, 0.1) is 0 Å². The van der Waals surface area contributed by atoms with E-state index in [-0.39, 0.29) is 11.9 Å². The molecule has 2 aromatic heterocycles. The molecule has 2 heterocycles. The summed E-state index contributed by atoms with van der Waals surface area (Å²) in [5.74, 6) is 0.837. The zero-order valence-electron chi connectivity index (χ0n) is 13.1. The second-order valence-corrected chi connectivity index (χ2v) is 5.32. The van der Waals surface area contributed by atoms with Crippen molar-refractivity contribution in [2.45, 2.75) is 19.9 Å². The van der Waals surface area contributed by atoms with Crippen LogP contribution in [0.25, 0.3) is 11.2 Å². The van der Waals surface area contributed by atoms with E-state index in [1.807, 2.05) is 18.4 Å². The monoisotopic (exact) mass is 311 g/mol. The number of benzene rings is 1. The largest absolute Gasteiger partial charge is 0.497 e. The molecular weight excluding hydrogens is 294 g/mol. The predicted molar refractivity (Wildman–Crippen MR) is 86.7 cm³/mol. The first-order chi connectivity index (χ1) is 11.1. The number of ether oxygens (including phenoxy) is 1. The third kappa shape index (κ3) is 2.85. The van der Waals surface area contributed by atoms with Crippen molar-refractivity contribution in [1.82, 2.24) is 19.5 Å². The van der Waals surface area contributed by atoms with Crippen molar-refractivity contribution in [3.8, 4) is 5.75 Å². The normalized spacial score (nSPS) is 11.0. The van der Waals surface area contributed by atoms with Crippen LogP contribution in [0.1, 0.15) is 30.2 Å². The Morgan fingerprint density at radius 3 is 2.57 bits per heavy atom. The second kappa shape index (κ2) is 6.04. The lowest BCUT2D eigenvalue weighted by Gasteiger charge is -2.08. The Hall–Kier alpha value is -2.96. The average molecular weight is 311 g/mol. The SMILES string of the molecule is COc1ccc(C(=O)Nc2ncnc3c2ncn3C(C)C)cc1. The summed E-state index contributed by atoms with van der Waals surface area (Å²) in [6, 6.07) is 7.08. The number of anilines is 1. The number of carbonyl (C=O) groups excluding carboxylic acids is 1. The first kappa shape index (κ1) is 15.0. The minimum atomic E-state index is -0.258. The van der Waals surface area contributed by atoms with Gasteiger partial charge < -0.3 is 14.6 Å². The third-order valence-corrected chi connectivity index (χ3v) is 3.50. The summed E-state index contributed by atoms with van der Waals surface area (Å²) in [5.41, 5.74) is 1.78. The van der Waals surface area contributed by atoms with Gasteiger partial charge in [0, 0.05) is 11.6 Å². The molecule has 0 aliphatic carbocycles. The first-order valence-corrected chi connectivity index (χ1v) is 7.23. The first-order valence-electron chi connectivity index (χ1n) is 7.23. The number of aromatic nitrogens is 4. The summed E-state index contributed by atoms with van der Waals surface area (Å²) in [6.45, 7) is 4.08. The fourth-order valence-corrected chi connectivity index (χ4v) is 2.24. The molecule has 0 fully saturated rings. The van der Waals surface area contributed by atoms with Crippen LogP contribution in [0.4, 0.5) is 5.82 Å². The molecule has 3 rings (SSSR count). The van der Waals surface area contributed by atoms with Crippen LogP contribution < -0.4 is 10.1 Å². The number of nitrogens with zero attached hydrogens (tertiary/aromatic N) is 4. The Morgan fingerprint density at radius 1 is 1.17 bits per heavy atom. The molecule has 0 atom stereocenters. The molecule has 0 saturated heterocycles. The summed E-state index contributed by atoms with van der Waals surface area (Å²) < 4.78 is 7.02. The minimum absolute atomic E-state index is 0.222. The Labute approximate surface area is 133 Å². The van der Waals surface area contributed by atoms with E-state index in [2.05, 4.69) is 20.3 Å². The van der Waals surface area contributed by atoms with E-state index in [4.69, 9.17) is 4.74 Å². The van der Waals surface area contributed by atoms with Crippen LogP contribution in [-0.2, 0) is 0 Å². The molecule has 1 amide bonds. The van der Waals surface area contributed by atoms with E-state index in [1.54, 1.807) is 37.7 Å². The highest BCUT2D eigenvalue weighted by molar-refractivity contribution is 6.06. The number of methoxy groups -OCH3 is 1. The fraction of sp³-hybridized carbons (Fsp3) is 0.250. The third-order valence-electron chi connectivity index (χ3n) is 3.50. The van der Waals surface area contributed by atoms with Crippen molar-refractivity contribution in [1.29, 1.82) is 0 Å². The second-order valence-electron chi connectivity index (χ2n) is 5.32. The van der Waals surface area contributed by atoms with E-state index in [1.165, 1.54) is 6.33 Å². The molecule has 0 bridgehead atoms. The van der Waals surface area contributed by atoms with E-state index in [9.17, 15) is 4.79 Å². The molecule has 7 nitrogen and oxygen atoms in total. The zero-order chi connectivity index (χ0) is 16.4. The van der Waals surface area contributed by atoms with E-state index in [0.717, 1.165) is 0 Å². The van der Waals surface area contributed by atoms with Crippen LogP contribution in [0.5, 0.6) is 5.75 Å². The van der Waals surface area contributed by atoms with Crippen LogP contribution in [0.2, 0.25) is 0 Å². The van der Waals surface area contributed by atoms with Crippen LogP contribution >= 0.6 is 0 Å². The van der Waals surface area contributed by atoms with Gasteiger partial charge in [0.25, 0.3) is 5.91 Å². The maximum Gasteiger partial charge on any atom is 0.256 e. The van der Waals surface area contributed by atoms with Gasteiger partial charge in [0.05, 0.1) is 13.4 Å². The highest BCUT2D eigenvalue weighted by Crippen LogP contribution is 2.21. The van der Waals surface area contributed by atoms with Gasteiger partial charge in [-0.2, -0.15) is 0 Å². The Morgan fingerprint density at radius 2 is 1.91 bits per heavy atom.